The Morgan fingerprint density at radius 1 is 1.38 bits per heavy atom. The van der Waals surface area contributed by atoms with Crippen LogP contribution in [0.5, 0.6) is 0 Å². The van der Waals surface area contributed by atoms with Gasteiger partial charge in [0.1, 0.15) is 6.04 Å². The molecule has 0 aromatic rings. The van der Waals surface area contributed by atoms with Crippen molar-refractivity contribution >= 4 is 29.5 Å². The van der Waals surface area contributed by atoms with E-state index in [1.807, 2.05) is 13.8 Å². The average molecular weight is 496 g/mol. The van der Waals surface area contributed by atoms with Crippen molar-refractivity contribution in [2.45, 2.75) is 48.8 Å². The van der Waals surface area contributed by atoms with Gasteiger partial charge in [-0.3, -0.25) is 19.3 Å². The molecule has 1 spiro atoms. The summed E-state index contributed by atoms with van der Waals surface area (Å²) in [5.41, 5.74) is 0. The zero-order valence-electron chi connectivity index (χ0n) is 20.1. The molecule has 3 unspecified atom stereocenters. The molecule has 7 atom stereocenters. The number of ether oxygens (including phenoxy) is 1. The first-order valence-corrected chi connectivity index (χ1v) is 13.2. The lowest BCUT2D eigenvalue weighted by molar-refractivity contribution is -0.150. The Morgan fingerprint density at radius 3 is 2.68 bits per heavy atom. The lowest BCUT2D eigenvalue weighted by atomic mass is 9.66. The minimum absolute atomic E-state index is 0.0204. The van der Waals surface area contributed by atoms with Crippen LogP contribution in [0.25, 0.3) is 0 Å². The Hall–Kier alpha value is -1.62. The van der Waals surface area contributed by atoms with Gasteiger partial charge in [-0.25, -0.2) is 0 Å². The predicted octanol–water partition coefficient (Wildman–Crippen LogP) is 0.526. The van der Waals surface area contributed by atoms with Crippen molar-refractivity contribution in [2.75, 3.05) is 52.5 Å². The molecule has 2 N–H and O–H groups in total. The van der Waals surface area contributed by atoms with E-state index in [1.165, 1.54) is 11.8 Å². The molecular formula is C24H37N3O6S. The molecule has 4 saturated heterocycles. The van der Waals surface area contributed by atoms with Crippen molar-refractivity contribution in [1.29, 1.82) is 0 Å². The van der Waals surface area contributed by atoms with Gasteiger partial charge in [-0.2, -0.15) is 0 Å². The minimum Gasteiger partial charge on any atom is -0.481 e. The van der Waals surface area contributed by atoms with Crippen molar-refractivity contribution < 1.29 is 29.3 Å². The summed E-state index contributed by atoms with van der Waals surface area (Å²) < 4.78 is 4.63. The summed E-state index contributed by atoms with van der Waals surface area (Å²) in [5.74, 6) is -2.95. The fraction of sp³-hybridized carbons (Fsp3) is 0.792. The quantitative estimate of drug-likeness (QED) is 0.422. The van der Waals surface area contributed by atoms with Crippen molar-refractivity contribution in [1.82, 2.24) is 14.7 Å². The fourth-order valence-electron chi connectivity index (χ4n) is 6.54. The summed E-state index contributed by atoms with van der Waals surface area (Å²) >= 11 is 1.53. The molecule has 0 aliphatic carbocycles. The molecule has 9 nitrogen and oxygen atoms in total. The maximum atomic E-state index is 14.2. The number of morpholine rings is 1. The number of rotatable bonds is 10. The van der Waals surface area contributed by atoms with Crippen LogP contribution in [-0.2, 0) is 19.1 Å². The summed E-state index contributed by atoms with van der Waals surface area (Å²) in [6, 6.07) is -1.31. The Labute approximate surface area is 205 Å². The summed E-state index contributed by atoms with van der Waals surface area (Å²) in [7, 11) is 0. The fourth-order valence-corrected chi connectivity index (χ4v) is 8.93. The van der Waals surface area contributed by atoms with E-state index in [-0.39, 0.29) is 29.6 Å². The number of aliphatic carboxylic acids is 1. The van der Waals surface area contributed by atoms with Crippen LogP contribution in [0.3, 0.4) is 0 Å². The molecule has 0 aromatic carbocycles. The number of likely N-dealkylation sites (tertiary alicyclic amines) is 1. The first kappa shape index (κ1) is 25.5. The van der Waals surface area contributed by atoms with Crippen molar-refractivity contribution in [3.63, 3.8) is 0 Å². The summed E-state index contributed by atoms with van der Waals surface area (Å²) in [4.78, 5) is 45.9. The molecule has 0 aromatic heterocycles. The van der Waals surface area contributed by atoms with Crippen LogP contribution in [-0.4, -0.2) is 117 Å². The van der Waals surface area contributed by atoms with Crippen LogP contribution in [0, 0.1) is 17.8 Å². The topological polar surface area (TPSA) is 111 Å². The monoisotopic (exact) mass is 495 g/mol. The van der Waals surface area contributed by atoms with E-state index < -0.39 is 34.6 Å². The molecule has 4 aliphatic rings. The number of carbonyl (C=O) groups is 3. The zero-order valence-corrected chi connectivity index (χ0v) is 20.9. The Morgan fingerprint density at radius 2 is 2.09 bits per heavy atom. The van der Waals surface area contributed by atoms with Gasteiger partial charge in [-0.15, -0.1) is 18.3 Å². The Kier molecular flexibility index (Phi) is 7.61. The molecular weight excluding hydrogens is 458 g/mol. The van der Waals surface area contributed by atoms with Gasteiger partial charge < -0.3 is 24.7 Å². The van der Waals surface area contributed by atoms with Crippen LogP contribution < -0.4 is 0 Å². The van der Waals surface area contributed by atoms with Crippen LogP contribution in [0.15, 0.2) is 12.7 Å². The van der Waals surface area contributed by atoms with Crippen LogP contribution >= 0.6 is 11.8 Å². The lowest BCUT2D eigenvalue weighted by Gasteiger charge is -2.42. The van der Waals surface area contributed by atoms with E-state index in [0.29, 0.717) is 45.7 Å². The number of hydrogen-bond donors (Lipinski definition) is 2. The average Bonchev–Trinajstić information content (AvgIpc) is 3.42. The number of nitrogens with zero attached hydrogens (tertiary/aromatic N) is 3. The number of aliphatic hydroxyl groups excluding tert-OH is 1. The van der Waals surface area contributed by atoms with Gasteiger partial charge in [-0.05, 0) is 18.8 Å². The van der Waals surface area contributed by atoms with Gasteiger partial charge in [0.25, 0.3) is 0 Å². The van der Waals surface area contributed by atoms with Crippen molar-refractivity contribution in [3.05, 3.63) is 12.7 Å². The summed E-state index contributed by atoms with van der Waals surface area (Å²) in [6.07, 6.45) is 2.86. The second kappa shape index (κ2) is 10.2. The van der Waals surface area contributed by atoms with E-state index in [9.17, 15) is 24.6 Å². The van der Waals surface area contributed by atoms with E-state index in [0.717, 1.165) is 13.1 Å². The van der Waals surface area contributed by atoms with Crippen LogP contribution in [0.4, 0.5) is 0 Å². The third kappa shape index (κ3) is 3.96. The van der Waals surface area contributed by atoms with E-state index >= 15 is 0 Å². The number of aliphatic hydroxyl groups is 1. The van der Waals surface area contributed by atoms with E-state index in [2.05, 4.69) is 11.5 Å². The molecule has 2 amide bonds. The number of thioether (sulfide) groups is 1. The third-order valence-corrected chi connectivity index (χ3v) is 10.3. The van der Waals surface area contributed by atoms with Gasteiger partial charge >= 0.3 is 5.97 Å². The first-order valence-electron chi connectivity index (χ1n) is 12.3. The second-order valence-corrected chi connectivity index (χ2v) is 11.5. The highest BCUT2D eigenvalue weighted by Gasteiger charge is 2.76. The Balaban J connectivity index is 1.69. The smallest absolute Gasteiger partial charge is 0.308 e. The second-order valence-electron chi connectivity index (χ2n) is 9.91. The number of carbonyl (C=O) groups excluding carboxylic acids is 2. The molecule has 34 heavy (non-hydrogen) atoms. The normalized spacial score (nSPS) is 35.9. The molecule has 0 radical (unpaired) electrons. The van der Waals surface area contributed by atoms with Gasteiger partial charge in [0.05, 0.1) is 42.4 Å². The maximum Gasteiger partial charge on any atom is 0.308 e. The first-order chi connectivity index (χ1) is 16.3. The molecule has 4 aliphatic heterocycles. The van der Waals surface area contributed by atoms with Gasteiger partial charge in [0.15, 0.2) is 0 Å². The number of hydrogen-bond acceptors (Lipinski definition) is 7. The van der Waals surface area contributed by atoms with Gasteiger partial charge in [-0.1, -0.05) is 19.9 Å². The van der Waals surface area contributed by atoms with Crippen molar-refractivity contribution in [2.24, 2.45) is 17.8 Å². The minimum atomic E-state index is -0.968. The molecule has 4 fully saturated rings. The highest BCUT2D eigenvalue weighted by molar-refractivity contribution is 8.02. The number of carboxylic acids is 1. The predicted molar refractivity (Wildman–Crippen MR) is 128 cm³/mol. The summed E-state index contributed by atoms with van der Waals surface area (Å²) in [6.45, 7) is 12.0. The molecule has 4 rings (SSSR count). The highest BCUT2D eigenvalue weighted by Crippen LogP contribution is 2.68. The zero-order chi connectivity index (χ0) is 24.6. The third-order valence-electron chi connectivity index (χ3n) is 8.23. The molecule has 0 saturated carbocycles. The number of fused-ring (bicyclic) bond motifs is 1. The van der Waals surface area contributed by atoms with Crippen molar-refractivity contribution in [3.8, 4) is 0 Å². The van der Waals surface area contributed by atoms with Crippen LogP contribution in [0.1, 0.15) is 26.7 Å². The highest BCUT2D eigenvalue weighted by atomic mass is 32.2. The molecule has 190 valence electrons. The number of carboxylic acid groups (broad SMARTS) is 1. The maximum absolute atomic E-state index is 14.2. The summed E-state index contributed by atoms with van der Waals surface area (Å²) in [5, 5.41) is 20.0. The van der Waals surface area contributed by atoms with Gasteiger partial charge in [0.2, 0.25) is 11.8 Å². The largest absolute Gasteiger partial charge is 0.481 e. The Bertz CT molecular complexity index is 817. The van der Waals surface area contributed by atoms with Crippen LogP contribution in [0.2, 0.25) is 0 Å². The lowest BCUT2D eigenvalue weighted by Crippen LogP contribution is -2.59. The number of amides is 2. The van der Waals surface area contributed by atoms with E-state index in [1.54, 1.807) is 15.9 Å². The standard InChI is InChI=1S/C24H37N3O6S/c1-4-6-26(8-7-25-9-11-33-12-10-25)22(30)20-24-15(3)13-17(34-24)18(23(31)32)19(24)21(29)27(20)16(5-2)14-28/h4,15-20,28H,1,5-14H2,2-3H3,(H,31,32)/t15?,16-,17+,18-,19-,20?,24?/m0/s1. The SMILES string of the molecule is C=CCN(CCN1CCOCC1)C(=O)C1N([C@@H](CC)CO)C(=O)[C@@H]2[C@@H](C(=O)O)[C@H]3CC(C)C12S3. The molecule has 10 heteroatoms. The molecule has 2 bridgehead atoms. The van der Waals surface area contributed by atoms with Gasteiger partial charge in [0, 0.05) is 38.0 Å². The van der Waals surface area contributed by atoms with E-state index in [4.69, 9.17) is 4.74 Å². The molecule has 4 heterocycles.